The van der Waals surface area contributed by atoms with E-state index >= 15 is 0 Å². The monoisotopic (exact) mass is 395 g/mol. The average molecular weight is 396 g/mol. The van der Waals surface area contributed by atoms with Gasteiger partial charge >= 0.3 is 5.97 Å². The van der Waals surface area contributed by atoms with E-state index in [4.69, 9.17) is 16.3 Å². The summed E-state index contributed by atoms with van der Waals surface area (Å²) in [6, 6.07) is 4.16. The van der Waals surface area contributed by atoms with Gasteiger partial charge in [-0.25, -0.2) is 9.79 Å². The maximum absolute atomic E-state index is 12.6. The molecule has 0 unspecified atom stereocenters. The molecule has 26 heavy (non-hydrogen) atoms. The Morgan fingerprint density at radius 2 is 2.31 bits per heavy atom. The summed E-state index contributed by atoms with van der Waals surface area (Å²) in [5.74, 6) is 0.496. The Bertz CT molecular complexity index is 824. The first-order valence-electron chi connectivity index (χ1n) is 8.24. The zero-order valence-corrected chi connectivity index (χ0v) is 16.0. The Labute approximate surface area is 160 Å². The minimum Gasteiger partial charge on any atom is -0.463 e. The van der Waals surface area contributed by atoms with Crippen molar-refractivity contribution >= 4 is 40.2 Å². The van der Waals surface area contributed by atoms with E-state index in [9.17, 15) is 14.9 Å². The predicted octanol–water partition coefficient (Wildman–Crippen LogP) is 3.93. The highest BCUT2D eigenvalue weighted by molar-refractivity contribution is 8.13. The van der Waals surface area contributed by atoms with Crippen molar-refractivity contribution in [3.63, 3.8) is 0 Å². The van der Waals surface area contributed by atoms with Gasteiger partial charge in [-0.15, -0.1) is 0 Å². The molecular weight excluding hydrogens is 378 g/mol. The zero-order valence-electron chi connectivity index (χ0n) is 14.4. The van der Waals surface area contributed by atoms with Gasteiger partial charge in [0.05, 0.1) is 28.8 Å². The fourth-order valence-electron chi connectivity index (χ4n) is 3.12. The van der Waals surface area contributed by atoms with Crippen LogP contribution < -0.4 is 0 Å². The SMILES string of the molecule is CCOC(=O)C1=C(C)N=C2SCCCN2[C@H]1c1ccc(Cl)c([N+](=O)[O-])c1. The van der Waals surface area contributed by atoms with Gasteiger partial charge in [0, 0.05) is 18.4 Å². The van der Waals surface area contributed by atoms with E-state index in [2.05, 4.69) is 4.99 Å². The highest BCUT2D eigenvalue weighted by atomic mass is 35.5. The first kappa shape index (κ1) is 18.7. The Balaban J connectivity index is 2.14. The van der Waals surface area contributed by atoms with Crippen LogP contribution in [-0.2, 0) is 9.53 Å². The lowest BCUT2D eigenvalue weighted by molar-refractivity contribution is -0.384. The highest BCUT2D eigenvalue weighted by Crippen LogP contribution is 2.41. The predicted molar refractivity (Wildman–Crippen MR) is 101 cm³/mol. The second-order valence-electron chi connectivity index (χ2n) is 5.88. The van der Waals surface area contributed by atoms with Crippen LogP contribution in [-0.4, -0.2) is 39.9 Å². The first-order valence-corrected chi connectivity index (χ1v) is 9.60. The van der Waals surface area contributed by atoms with Gasteiger partial charge in [0.25, 0.3) is 5.69 Å². The molecule has 0 amide bonds. The van der Waals surface area contributed by atoms with E-state index in [1.807, 2.05) is 4.90 Å². The number of halogens is 1. The number of thioether (sulfide) groups is 1. The second-order valence-corrected chi connectivity index (χ2v) is 7.35. The molecule has 0 saturated carbocycles. The fraction of sp³-hybridized carbons (Fsp3) is 0.412. The van der Waals surface area contributed by atoms with Crippen molar-refractivity contribution in [2.24, 2.45) is 4.99 Å². The molecule has 0 N–H and O–H groups in total. The number of ether oxygens (including phenoxy) is 1. The number of nitro groups is 1. The summed E-state index contributed by atoms with van der Waals surface area (Å²) in [5.41, 5.74) is 1.43. The number of carbonyl (C=O) groups excluding carboxylic acids is 1. The van der Waals surface area contributed by atoms with Crippen LogP contribution >= 0.6 is 23.4 Å². The maximum Gasteiger partial charge on any atom is 0.338 e. The third-order valence-corrected chi connectivity index (χ3v) is 5.63. The van der Waals surface area contributed by atoms with Gasteiger partial charge < -0.3 is 9.64 Å². The fourth-order valence-corrected chi connectivity index (χ4v) is 4.33. The molecule has 2 aliphatic heterocycles. The average Bonchev–Trinajstić information content (AvgIpc) is 2.61. The van der Waals surface area contributed by atoms with Crippen LogP contribution in [0.15, 0.2) is 34.5 Å². The molecule has 0 aliphatic carbocycles. The summed E-state index contributed by atoms with van der Waals surface area (Å²) in [6.45, 7) is 4.46. The molecule has 1 aromatic rings. The molecule has 0 aromatic heterocycles. The number of hydrogen-bond donors (Lipinski definition) is 0. The van der Waals surface area contributed by atoms with E-state index in [1.54, 1.807) is 31.7 Å². The van der Waals surface area contributed by atoms with Crippen LogP contribution in [0.1, 0.15) is 31.9 Å². The van der Waals surface area contributed by atoms with Crippen LogP contribution in [0.25, 0.3) is 0 Å². The maximum atomic E-state index is 12.6. The normalized spacial score (nSPS) is 19.7. The van der Waals surface area contributed by atoms with Gasteiger partial charge in [-0.1, -0.05) is 29.4 Å². The molecule has 1 fully saturated rings. The number of hydrogen-bond acceptors (Lipinski definition) is 7. The minimum atomic E-state index is -0.519. The molecule has 1 atom stereocenters. The van der Waals surface area contributed by atoms with Crippen LogP contribution in [0.4, 0.5) is 5.69 Å². The molecule has 0 bridgehead atoms. The number of fused-ring (bicyclic) bond motifs is 1. The van der Waals surface area contributed by atoms with Crippen LogP contribution in [0.2, 0.25) is 5.02 Å². The van der Waals surface area contributed by atoms with Crippen molar-refractivity contribution in [1.82, 2.24) is 4.90 Å². The molecule has 3 rings (SSSR count). The Kier molecular flexibility index (Phi) is 5.52. The van der Waals surface area contributed by atoms with Gasteiger partial charge in [-0.05, 0) is 31.9 Å². The Hall–Kier alpha value is -2.06. The molecule has 7 nitrogen and oxygen atoms in total. The summed E-state index contributed by atoms with van der Waals surface area (Å²) in [7, 11) is 0. The van der Waals surface area contributed by atoms with Gasteiger partial charge in [-0.2, -0.15) is 0 Å². The van der Waals surface area contributed by atoms with Gasteiger partial charge in [0.1, 0.15) is 5.02 Å². The standard InChI is InChI=1S/C17H18ClN3O4S/c1-3-25-16(22)14-10(2)19-17-20(7-4-8-26-17)15(14)11-5-6-12(18)13(9-11)21(23)24/h5-6,9,15H,3-4,7-8H2,1-2H3/t15-/m0/s1. The number of allylic oxidation sites excluding steroid dienone is 1. The first-order chi connectivity index (χ1) is 12.4. The van der Waals surface area contributed by atoms with E-state index in [0.29, 0.717) is 23.4 Å². The van der Waals surface area contributed by atoms with Crippen molar-refractivity contribution in [2.45, 2.75) is 26.3 Å². The summed E-state index contributed by atoms with van der Waals surface area (Å²) in [6.07, 6.45) is 0.936. The molecular formula is C17H18ClN3O4S. The quantitative estimate of drug-likeness (QED) is 0.436. The van der Waals surface area contributed by atoms with Crippen molar-refractivity contribution in [3.8, 4) is 0 Å². The lowest BCUT2D eigenvalue weighted by Crippen LogP contribution is -2.42. The van der Waals surface area contributed by atoms with Crippen molar-refractivity contribution in [2.75, 3.05) is 18.9 Å². The van der Waals surface area contributed by atoms with Crippen LogP contribution in [0.3, 0.4) is 0 Å². The Morgan fingerprint density at radius 1 is 1.54 bits per heavy atom. The van der Waals surface area contributed by atoms with Gasteiger partial charge in [0.2, 0.25) is 0 Å². The number of nitro benzene ring substituents is 1. The van der Waals surface area contributed by atoms with Crippen LogP contribution in [0.5, 0.6) is 0 Å². The lowest BCUT2D eigenvalue weighted by Gasteiger charge is -2.40. The zero-order chi connectivity index (χ0) is 18.8. The third kappa shape index (κ3) is 3.43. The van der Waals surface area contributed by atoms with E-state index in [0.717, 1.165) is 17.3 Å². The molecule has 1 saturated heterocycles. The van der Waals surface area contributed by atoms with Crippen molar-refractivity contribution in [1.29, 1.82) is 0 Å². The number of carbonyl (C=O) groups is 1. The number of benzene rings is 1. The summed E-state index contributed by atoms with van der Waals surface area (Å²) in [5, 5.41) is 12.2. The van der Waals surface area contributed by atoms with Crippen molar-refractivity contribution < 1.29 is 14.5 Å². The number of esters is 1. The smallest absolute Gasteiger partial charge is 0.338 e. The van der Waals surface area contributed by atoms with Crippen LogP contribution in [0, 0.1) is 10.1 Å². The highest BCUT2D eigenvalue weighted by Gasteiger charge is 2.38. The topological polar surface area (TPSA) is 85.0 Å². The number of nitrogens with zero attached hydrogens (tertiary/aromatic N) is 3. The molecule has 1 aromatic carbocycles. The molecule has 0 spiro atoms. The minimum absolute atomic E-state index is 0.0647. The van der Waals surface area contributed by atoms with Gasteiger partial charge in [-0.3, -0.25) is 10.1 Å². The summed E-state index contributed by atoms with van der Waals surface area (Å²) >= 11 is 7.58. The summed E-state index contributed by atoms with van der Waals surface area (Å²) in [4.78, 5) is 30.0. The van der Waals surface area contributed by atoms with Gasteiger partial charge in [0.15, 0.2) is 5.17 Å². The van der Waals surface area contributed by atoms with E-state index in [1.165, 1.54) is 12.1 Å². The number of aliphatic imine (C=N–C) groups is 1. The van der Waals surface area contributed by atoms with Crippen molar-refractivity contribution in [3.05, 3.63) is 50.2 Å². The molecule has 0 radical (unpaired) electrons. The Morgan fingerprint density at radius 3 is 3.00 bits per heavy atom. The van der Waals surface area contributed by atoms with E-state index < -0.39 is 16.9 Å². The lowest BCUT2D eigenvalue weighted by atomic mass is 9.94. The second kappa shape index (κ2) is 7.67. The molecule has 2 heterocycles. The largest absolute Gasteiger partial charge is 0.463 e. The molecule has 2 aliphatic rings. The number of amidine groups is 1. The third-order valence-electron chi connectivity index (χ3n) is 4.24. The van der Waals surface area contributed by atoms with E-state index in [-0.39, 0.29) is 17.3 Å². The summed E-state index contributed by atoms with van der Waals surface area (Å²) < 4.78 is 5.23. The molecule has 9 heteroatoms. The molecule has 138 valence electrons. The number of rotatable bonds is 4.